The van der Waals surface area contributed by atoms with Gasteiger partial charge in [-0.2, -0.15) is 0 Å². The molecule has 0 aromatic heterocycles. The maximum absolute atomic E-state index is 2.36. The van der Waals surface area contributed by atoms with E-state index in [0.29, 0.717) is 5.41 Å². The molecule has 2 bridgehead atoms. The Morgan fingerprint density at radius 1 is 1.07 bits per heavy atom. The molecule has 1 aromatic rings. The van der Waals surface area contributed by atoms with Crippen molar-refractivity contribution in [2.24, 2.45) is 5.92 Å². The van der Waals surface area contributed by atoms with Crippen LogP contribution in [0.4, 0.5) is 0 Å². The summed E-state index contributed by atoms with van der Waals surface area (Å²) in [6.07, 6.45) is 7.32. The number of hydrogen-bond acceptors (Lipinski definition) is 0. The summed E-state index contributed by atoms with van der Waals surface area (Å²) < 4.78 is 0. The van der Waals surface area contributed by atoms with Gasteiger partial charge in [-0.05, 0) is 55.9 Å². The average molecular weight is 186 g/mol. The molecule has 2 fully saturated rings. The molecular weight excluding hydrogens is 168 g/mol. The van der Waals surface area contributed by atoms with Gasteiger partial charge in [0.05, 0.1) is 0 Å². The predicted molar refractivity (Wildman–Crippen MR) is 59.4 cm³/mol. The van der Waals surface area contributed by atoms with Gasteiger partial charge in [-0.25, -0.2) is 0 Å². The van der Waals surface area contributed by atoms with Gasteiger partial charge >= 0.3 is 0 Å². The highest BCUT2D eigenvalue weighted by Gasteiger charge is 2.45. The van der Waals surface area contributed by atoms with Gasteiger partial charge in [0.1, 0.15) is 0 Å². The summed E-state index contributed by atoms with van der Waals surface area (Å²) in [5, 5.41) is 0. The van der Waals surface area contributed by atoms with Crippen LogP contribution in [0.25, 0.3) is 0 Å². The van der Waals surface area contributed by atoms with E-state index in [1.165, 1.54) is 37.7 Å². The number of aryl methyl sites for hydroxylation is 1. The Morgan fingerprint density at radius 3 is 2.21 bits per heavy atom. The first-order valence-corrected chi connectivity index (χ1v) is 5.86. The van der Waals surface area contributed by atoms with Crippen LogP contribution in [0, 0.1) is 12.8 Å². The second-order valence-corrected chi connectivity index (χ2v) is 5.29. The molecule has 2 saturated carbocycles. The van der Waals surface area contributed by atoms with Crippen molar-refractivity contribution in [2.45, 2.75) is 44.4 Å². The Balaban J connectivity index is 1.98. The van der Waals surface area contributed by atoms with Crippen LogP contribution in [-0.4, -0.2) is 0 Å². The van der Waals surface area contributed by atoms with Crippen LogP contribution in [0.2, 0.25) is 0 Å². The van der Waals surface area contributed by atoms with Gasteiger partial charge in [0.2, 0.25) is 0 Å². The molecular formula is C14H18. The highest BCUT2D eigenvalue weighted by Crippen LogP contribution is 2.55. The van der Waals surface area contributed by atoms with Crippen LogP contribution in [0.3, 0.4) is 0 Å². The van der Waals surface area contributed by atoms with Crippen LogP contribution in [0.1, 0.15) is 43.2 Å². The molecule has 0 N–H and O–H groups in total. The lowest BCUT2D eigenvalue weighted by Crippen LogP contribution is -2.19. The maximum atomic E-state index is 2.36. The van der Waals surface area contributed by atoms with Crippen LogP contribution in [0.5, 0.6) is 0 Å². The largest absolute Gasteiger partial charge is 0.0590 e. The van der Waals surface area contributed by atoms with E-state index in [1.54, 1.807) is 5.56 Å². The Labute approximate surface area is 86.3 Å². The van der Waals surface area contributed by atoms with Crippen LogP contribution >= 0.6 is 0 Å². The van der Waals surface area contributed by atoms with E-state index in [2.05, 4.69) is 31.2 Å². The van der Waals surface area contributed by atoms with E-state index in [-0.39, 0.29) is 0 Å². The topological polar surface area (TPSA) is 0 Å². The average Bonchev–Trinajstić information content (AvgIpc) is 2.79. The molecule has 0 aliphatic heterocycles. The van der Waals surface area contributed by atoms with Crippen molar-refractivity contribution in [3.8, 4) is 0 Å². The summed E-state index contributed by atoms with van der Waals surface area (Å²) in [5.74, 6) is 1.05. The maximum Gasteiger partial charge on any atom is -0.00441 e. The summed E-state index contributed by atoms with van der Waals surface area (Å²) in [7, 11) is 0. The first kappa shape index (κ1) is 8.52. The van der Waals surface area contributed by atoms with Crippen molar-refractivity contribution < 1.29 is 0 Å². The molecule has 0 heteroatoms. The Bertz CT molecular complexity index is 326. The van der Waals surface area contributed by atoms with Crippen LogP contribution in [0.15, 0.2) is 24.3 Å². The van der Waals surface area contributed by atoms with E-state index in [4.69, 9.17) is 0 Å². The second kappa shape index (κ2) is 2.85. The molecule has 0 unspecified atom stereocenters. The fourth-order valence-electron chi connectivity index (χ4n) is 3.50. The van der Waals surface area contributed by atoms with Crippen molar-refractivity contribution in [3.63, 3.8) is 0 Å². The molecule has 0 radical (unpaired) electrons. The third-order valence-electron chi connectivity index (χ3n) is 4.41. The lowest BCUT2D eigenvalue weighted by atomic mass is 9.77. The quantitative estimate of drug-likeness (QED) is 0.625. The van der Waals surface area contributed by atoms with Crippen molar-refractivity contribution >= 4 is 0 Å². The van der Waals surface area contributed by atoms with Crippen molar-refractivity contribution in [3.05, 3.63) is 35.4 Å². The van der Waals surface area contributed by atoms with Gasteiger partial charge in [0.15, 0.2) is 0 Å². The normalized spacial score (nSPS) is 35.1. The monoisotopic (exact) mass is 186 g/mol. The minimum absolute atomic E-state index is 0.596. The smallest absolute Gasteiger partial charge is 0.00441 e. The lowest BCUT2D eigenvalue weighted by molar-refractivity contribution is 0.419. The number of hydrogen-bond donors (Lipinski definition) is 0. The molecule has 0 nitrogen and oxygen atoms in total. The molecule has 0 heterocycles. The minimum atomic E-state index is 0.596. The molecule has 2 aliphatic carbocycles. The summed E-state index contributed by atoms with van der Waals surface area (Å²) in [6.45, 7) is 2.17. The predicted octanol–water partition coefficient (Wildman–Crippen LogP) is 3.83. The van der Waals surface area contributed by atoms with Crippen molar-refractivity contribution in [1.29, 1.82) is 0 Å². The Morgan fingerprint density at radius 2 is 1.71 bits per heavy atom. The third-order valence-corrected chi connectivity index (χ3v) is 4.41. The second-order valence-electron chi connectivity index (χ2n) is 5.29. The summed E-state index contributed by atoms with van der Waals surface area (Å²) in [6, 6.07) is 9.28. The van der Waals surface area contributed by atoms with Crippen LogP contribution in [-0.2, 0) is 5.41 Å². The minimum Gasteiger partial charge on any atom is -0.0590 e. The van der Waals surface area contributed by atoms with Crippen molar-refractivity contribution in [1.82, 2.24) is 0 Å². The lowest BCUT2D eigenvalue weighted by Gasteiger charge is -2.27. The highest BCUT2D eigenvalue weighted by molar-refractivity contribution is 5.31. The van der Waals surface area contributed by atoms with E-state index in [9.17, 15) is 0 Å². The molecule has 74 valence electrons. The molecule has 1 aromatic carbocycles. The number of fused-ring (bicyclic) bond motifs is 2. The van der Waals surface area contributed by atoms with Gasteiger partial charge in [-0.3, -0.25) is 0 Å². The molecule has 0 spiro atoms. The molecule has 0 amide bonds. The molecule has 0 saturated heterocycles. The van der Waals surface area contributed by atoms with Gasteiger partial charge < -0.3 is 0 Å². The highest BCUT2D eigenvalue weighted by atomic mass is 14.5. The summed E-state index contributed by atoms with van der Waals surface area (Å²) >= 11 is 0. The van der Waals surface area contributed by atoms with Gasteiger partial charge in [-0.15, -0.1) is 0 Å². The van der Waals surface area contributed by atoms with E-state index in [0.717, 1.165) is 5.92 Å². The van der Waals surface area contributed by atoms with Crippen LogP contribution < -0.4 is 0 Å². The first-order chi connectivity index (χ1) is 6.78. The van der Waals surface area contributed by atoms with E-state index in [1.807, 2.05) is 0 Å². The third kappa shape index (κ3) is 1.13. The van der Waals surface area contributed by atoms with Gasteiger partial charge in [-0.1, -0.05) is 29.8 Å². The zero-order valence-electron chi connectivity index (χ0n) is 8.92. The first-order valence-electron chi connectivity index (χ1n) is 5.86. The Hall–Kier alpha value is -0.780. The van der Waals surface area contributed by atoms with E-state index < -0.39 is 0 Å². The summed E-state index contributed by atoms with van der Waals surface area (Å²) in [4.78, 5) is 0. The fraction of sp³-hybridized carbons (Fsp3) is 0.571. The fourth-order valence-corrected chi connectivity index (χ4v) is 3.50. The van der Waals surface area contributed by atoms with E-state index >= 15 is 0 Å². The van der Waals surface area contributed by atoms with Crippen molar-refractivity contribution in [2.75, 3.05) is 0 Å². The van der Waals surface area contributed by atoms with Gasteiger partial charge in [0.25, 0.3) is 0 Å². The molecule has 0 atom stereocenters. The SMILES string of the molecule is Cc1ccc(C23CCC(CC2)C3)cc1. The zero-order chi connectivity index (χ0) is 9.60. The van der Waals surface area contributed by atoms with Gasteiger partial charge in [0, 0.05) is 0 Å². The molecule has 3 rings (SSSR count). The standard InChI is InChI=1S/C14H18/c1-11-2-4-13(5-3-11)14-8-6-12(10-14)7-9-14/h2-5,12H,6-10H2,1H3. The number of benzene rings is 1. The Kier molecular flexibility index (Phi) is 1.74. The summed E-state index contributed by atoms with van der Waals surface area (Å²) in [5.41, 5.74) is 3.60. The zero-order valence-corrected chi connectivity index (χ0v) is 8.92. The number of rotatable bonds is 1. The molecule has 14 heavy (non-hydrogen) atoms. The molecule has 2 aliphatic rings.